The molecule has 19 heavy (non-hydrogen) atoms. The molecule has 0 spiro atoms. The summed E-state index contributed by atoms with van der Waals surface area (Å²) in [6, 6.07) is 4.89. The van der Waals surface area contributed by atoms with Gasteiger partial charge < -0.3 is 4.74 Å². The summed E-state index contributed by atoms with van der Waals surface area (Å²) in [5.41, 5.74) is 4.01. The van der Waals surface area contributed by atoms with Crippen LogP contribution >= 0.6 is 0 Å². The van der Waals surface area contributed by atoms with Gasteiger partial charge in [0.1, 0.15) is 22.8 Å². The van der Waals surface area contributed by atoms with Crippen molar-refractivity contribution in [1.29, 1.82) is 0 Å². The molecule has 0 saturated heterocycles. The van der Waals surface area contributed by atoms with Crippen LogP contribution in [0.3, 0.4) is 0 Å². The van der Waals surface area contributed by atoms with Crippen LogP contribution in [0, 0.1) is 0 Å². The molecule has 0 radical (unpaired) electrons. The summed E-state index contributed by atoms with van der Waals surface area (Å²) >= 11 is 0. The van der Waals surface area contributed by atoms with Crippen molar-refractivity contribution < 1.29 is 4.74 Å². The number of rotatable bonds is 0. The summed E-state index contributed by atoms with van der Waals surface area (Å²) in [6.45, 7) is 17.2. The molecule has 1 aromatic carbocycles. The van der Waals surface area contributed by atoms with Crippen LogP contribution in [0.25, 0.3) is 5.57 Å². The Labute approximate surface area is 118 Å². The van der Waals surface area contributed by atoms with Crippen LogP contribution in [0.2, 0.25) is 26.2 Å². The van der Waals surface area contributed by atoms with E-state index in [-0.39, 0.29) is 0 Å². The monoisotopic (exact) mass is 286 g/mol. The highest BCUT2D eigenvalue weighted by Crippen LogP contribution is 2.33. The number of hydrogen-bond acceptors (Lipinski definition) is 1. The molecular weight excluding hydrogens is 264 g/mol. The molecule has 0 aromatic heterocycles. The average molecular weight is 287 g/mol. The largest absolute Gasteiger partial charge is 0.496 e. The first kappa shape index (κ1) is 12.9. The summed E-state index contributed by atoms with van der Waals surface area (Å²) < 4.78 is 5.56. The molecule has 0 saturated carbocycles. The van der Waals surface area contributed by atoms with Gasteiger partial charge in [0.15, 0.2) is 0 Å². The number of allylic oxidation sites excluding steroid dienone is 1. The maximum atomic E-state index is 5.56. The van der Waals surface area contributed by atoms with Crippen LogP contribution in [0.5, 0.6) is 0 Å². The molecule has 0 unspecified atom stereocenters. The molecule has 0 N–H and O–H groups in total. The van der Waals surface area contributed by atoms with Gasteiger partial charge in [0.2, 0.25) is 0 Å². The fourth-order valence-electron chi connectivity index (χ4n) is 3.59. The third-order valence-corrected chi connectivity index (χ3v) is 15.6. The lowest BCUT2D eigenvalue weighted by Gasteiger charge is -2.24. The summed E-state index contributed by atoms with van der Waals surface area (Å²) in [4.78, 5) is 1.58. The summed E-state index contributed by atoms with van der Waals surface area (Å²) in [5.74, 6) is 0. The van der Waals surface area contributed by atoms with E-state index >= 15 is 0 Å². The quantitative estimate of drug-likeness (QED) is 0.666. The molecule has 2 aliphatic rings. The molecule has 1 aromatic rings. The molecular formula is C16H22OSi2. The molecule has 0 fully saturated rings. The molecule has 3 rings (SSSR count). The minimum absolute atomic E-state index is 0.721. The zero-order valence-electron chi connectivity index (χ0n) is 12.6. The minimum Gasteiger partial charge on any atom is -0.496 e. The number of fused-ring (bicyclic) bond motifs is 2. The first-order chi connectivity index (χ1) is 8.76. The zero-order chi connectivity index (χ0) is 14.0. The molecule has 2 aliphatic heterocycles. The van der Waals surface area contributed by atoms with E-state index in [0.29, 0.717) is 0 Å². The Balaban J connectivity index is 2.32. The van der Waals surface area contributed by atoms with E-state index in [4.69, 9.17) is 4.74 Å². The van der Waals surface area contributed by atoms with Crippen molar-refractivity contribution in [2.45, 2.75) is 39.7 Å². The van der Waals surface area contributed by atoms with Gasteiger partial charge in [-0.2, -0.15) is 0 Å². The fraction of sp³-hybridized carbons (Fsp3) is 0.375. The SMILES string of the molecule is C=C1[Si](C)(C)c2cc3c(cc2[Si]1(C)C)C(C)=COC3. The van der Waals surface area contributed by atoms with Crippen LogP contribution in [-0.4, -0.2) is 16.1 Å². The Morgan fingerprint density at radius 2 is 1.63 bits per heavy atom. The summed E-state index contributed by atoms with van der Waals surface area (Å²) in [6.07, 6.45) is 1.90. The topological polar surface area (TPSA) is 9.23 Å². The Kier molecular flexibility index (Phi) is 2.54. The highest BCUT2D eigenvalue weighted by Gasteiger charge is 2.48. The molecule has 0 aliphatic carbocycles. The van der Waals surface area contributed by atoms with Gasteiger partial charge in [-0.25, -0.2) is 0 Å². The first-order valence-corrected chi connectivity index (χ1v) is 12.9. The van der Waals surface area contributed by atoms with Crippen molar-refractivity contribution in [2.24, 2.45) is 0 Å². The van der Waals surface area contributed by atoms with Crippen molar-refractivity contribution in [3.05, 3.63) is 40.9 Å². The van der Waals surface area contributed by atoms with Crippen LogP contribution in [-0.2, 0) is 11.3 Å². The van der Waals surface area contributed by atoms with E-state index in [1.165, 1.54) is 16.7 Å². The average Bonchev–Trinajstić information content (AvgIpc) is 2.48. The smallest absolute Gasteiger partial charge is 0.113 e. The molecule has 0 bridgehead atoms. The Morgan fingerprint density at radius 3 is 2.26 bits per heavy atom. The molecule has 3 heteroatoms. The molecule has 0 amide bonds. The number of ether oxygens (including phenoxy) is 1. The predicted octanol–water partition coefficient (Wildman–Crippen LogP) is 3.06. The van der Waals surface area contributed by atoms with Crippen molar-refractivity contribution in [3.8, 4) is 0 Å². The summed E-state index contributed by atoms with van der Waals surface area (Å²) in [5, 5.41) is 3.24. The van der Waals surface area contributed by atoms with Gasteiger partial charge in [0.25, 0.3) is 0 Å². The van der Waals surface area contributed by atoms with Crippen LogP contribution in [0.4, 0.5) is 0 Å². The lowest BCUT2D eigenvalue weighted by Crippen LogP contribution is -2.44. The van der Waals surface area contributed by atoms with Crippen LogP contribution < -0.4 is 10.4 Å². The van der Waals surface area contributed by atoms with E-state index in [1.807, 2.05) is 6.26 Å². The number of hydrogen-bond donors (Lipinski definition) is 0. The van der Waals surface area contributed by atoms with Gasteiger partial charge >= 0.3 is 0 Å². The lowest BCUT2D eigenvalue weighted by molar-refractivity contribution is 0.232. The van der Waals surface area contributed by atoms with Gasteiger partial charge in [-0.15, -0.1) is 6.58 Å². The van der Waals surface area contributed by atoms with Gasteiger partial charge in [-0.1, -0.05) is 53.5 Å². The Bertz CT molecular complexity index is 624. The van der Waals surface area contributed by atoms with Gasteiger partial charge in [-0.05, 0) is 23.6 Å². The normalized spacial score (nSPS) is 22.4. The first-order valence-electron chi connectivity index (χ1n) is 6.92. The second kappa shape index (κ2) is 3.73. The van der Waals surface area contributed by atoms with Crippen molar-refractivity contribution >= 4 is 32.1 Å². The Morgan fingerprint density at radius 1 is 1.05 bits per heavy atom. The van der Waals surface area contributed by atoms with Gasteiger partial charge in [0.05, 0.1) is 6.26 Å². The second-order valence-corrected chi connectivity index (χ2v) is 16.2. The minimum atomic E-state index is -1.49. The molecule has 1 nitrogen and oxygen atoms in total. The third kappa shape index (κ3) is 1.58. The fourth-order valence-corrected chi connectivity index (χ4v) is 15.7. The third-order valence-electron chi connectivity index (χ3n) is 5.02. The second-order valence-electron chi connectivity index (χ2n) is 6.90. The van der Waals surface area contributed by atoms with E-state index in [9.17, 15) is 0 Å². The zero-order valence-corrected chi connectivity index (χ0v) is 14.6. The number of benzene rings is 1. The standard InChI is InChI=1S/C16H22OSi2/c1-11-9-17-10-13-7-15-16(8-14(11)13)19(5,6)12(2)18(15,3)4/h7-9H,2,10H2,1,3-6H3. The maximum Gasteiger partial charge on any atom is 0.113 e. The van der Waals surface area contributed by atoms with Crippen LogP contribution in [0.1, 0.15) is 18.1 Å². The Hall–Kier alpha value is -1.07. The van der Waals surface area contributed by atoms with Crippen LogP contribution in [0.15, 0.2) is 29.8 Å². The highest BCUT2D eigenvalue weighted by atomic mass is 28.4. The van der Waals surface area contributed by atoms with Gasteiger partial charge in [-0.3, -0.25) is 0 Å². The molecule has 100 valence electrons. The van der Waals surface area contributed by atoms with E-state index < -0.39 is 16.1 Å². The summed E-state index contributed by atoms with van der Waals surface area (Å²) in [7, 11) is -2.98. The van der Waals surface area contributed by atoms with E-state index in [2.05, 4.69) is 51.8 Å². The van der Waals surface area contributed by atoms with E-state index in [0.717, 1.165) is 6.61 Å². The van der Waals surface area contributed by atoms with E-state index in [1.54, 1.807) is 15.2 Å². The molecule has 2 heterocycles. The van der Waals surface area contributed by atoms with Crippen molar-refractivity contribution in [3.63, 3.8) is 0 Å². The maximum absolute atomic E-state index is 5.56. The molecule has 0 atom stereocenters. The predicted molar refractivity (Wildman–Crippen MR) is 88.3 cm³/mol. The highest BCUT2D eigenvalue weighted by molar-refractivity contribution is 7.22. The van der Waals surface area contributed by atoms with Gasteiger partial charge in [0, 0.05) is 0 Å². The lowest BCUT2D eigenvalue weighted by atomic mass is 10.0. The van der Waals surface area contributed by atoms with Crippen molar-refractivity contribution in [1.82, 2.24) is 0 Å². The van der Waals surface area contributed by atoms with Crippen molar-refractivity contribution in [2.75, 3.05) is 0 Å².